The van der Waals surface area contributed by atoms with Crippen molar-refractivity contribution in [3.63, 3.8) is 0 Å². The third-order valence-corrected chi connectivity index (χ3v) is 3.76. The Morgan fingerprint density at radius 1 is 1.04 bits per heavy atom. The van der Waals surface area contributed by atoms with E-state index in [2.05, 4.69) is 10.6 Å². The van der Waals surface area contributed by atoms with Crippen LogP contribution in [-0.4, -0.2) is 30.0 Å². The van der Waals surface area contributed by atoms with E-state index in [1.54, 1.807) is 12.1 Å². The van der Waals surface area contributed by atoms with E-state index in [1.807, 2.05) is 0 Å². The van der Waals surface area contributed by atoms with Gasteiger partial charge in [-0.2, -0.15) is 13.2 Å². The molecule has 0 heterocycles. The zero-order valence-corrected chi connectivity index (χ0v) is 14.1. The molecule has 0 aliphatic heterocycles. The number of hydroxylamine groups is 1. The number of halogens is 3. The third kappa shape index (κ3) is 6.00. The normalized spacial score (nSPS) is 12.1. The first-order valence-electron chi connectivity index (χ1n) is 8.01. The maximum Gasteiger partial charge on any atom is 0.416 e. The van der Waals surface area contributed by atoms with Crippen molar-refractivity contribution in [1.82, 2.24) is 5.48 Å². The van der Waals surface area contributed by atoms with E-state index < -0.39 is 23.7 Å². The summed E-state index contributed by atoms with van der Waals surface area (Å²) in [5.74, 6) is -0.644. The van der Waals surface area contributed by atoms with Crippen molar-refractivity contribution >= 4 is 23.6 Å². The van der Waals surface area contributed by atoms with Crippen molar-refractivity contribution < 1.29 is 28.0 Å². The molecule has 0 aromatic heterocycles. The maximum absolute atomic E-state index is 12.5. The van der Waals surface area contributed by atoms with Gasteiger partial charge in [-0.1, -0.05) is 0 Å². The van der Waals surface area contributed by atoms with Crippen LogP contribution in [0.2, 0.25) is 0 Å². The standard InChI is InChI=1S/C18H18F3N3O3/c19-18(20,21)13-3-7-14(8-4-13)22-10-9-16(11-25)23-15-5-1-12(2-6-15)17(26)24-27/h1-8,11,16,22-23,27H,9-10H2,(H,24,26). The molecule has 0 saturated carbocycles. The molecule has 0 bridgehead atoms. The second kappa shape index (κ2) is 9.04. The fourth-order valence-corrected chi connectivity index (χ4v) is 2.32. The molecule has 27 heavy (non-hydrogen) atoms. The number of rotatable bonds is 8. The molecule has 2 aromatic carbocycles. The van der Waals surface area contributed by atoms with Gasteiger partial charge in [-0.3, -0.25) is 10.0 Å². The summed E-state index contributed by atoms with van der Waals surface area (Å²) >= 11 is 0. The minimum absolute atomic E-state index is 0.259. The van der Waals surface area contributed by atoms with Crippen LogP contribution in [0.1, 0.15) is 22.3 Å². The number of alkyl halides is 3. The van der Waals surface area contributed by atoms with E-state index in [9.17, 15) is 22.8 Å². The smallest absolute Gasteiger partial charge is 0.385 e. The minimum Gasteiger partial charge on any atom is -0.385 e. The van der Waals surface area contributed by atoms with Crippen molar-refractivity contribution in [2.45, 2.75) is 18.6 Å². The number of nitrogens with one attached hydrogen (secondary N) is 3. The molecule has 0 fully saturated rings. The largest absolute Gasteiger partial charge is 0.416 e. The fraction of sp³-hybridized carbons (Fsp3) is 0.222. The van der Waals surface area contributed by atoms with Crippen LogP contribution in [0.5, 0.6) is 0 Å². The van der Waals surface area contributed by atoms with Gasteiger partial charge >= 0.3 is 6.18 Å². The number of hydrogen-bond acceptors (Lipinski definition) is 5. The molecule has 0 aliphatic carbocycles. The molecule has 9 heteroatoms. The third-order valence-electron chi connectivity index (χ3n) is 3.76. The Balaban J connectivity index is 1.85. The molecule has 2 rings (SSSR count). The number of aldehydes is 1. The molecule has 1 amide bonds. The topological polar surface area (TPSA) is 90.5 Å². The van der Waals surface area contributed by atoms with Crippen LogP contribution in [0.3, 0.4) is 0 Å². The number of benzene rings is 2. The summed E-state index contributed by atoms with van der Waals surface area (Å²) in [4.78, 5) is 22.5. The van der Waals surface area contributed by atoms with Crippen LogP contribution in [0, 0.1) is 0 Å². The summed E-state index contributed by atoms with van der Waals surface area (Å²) in [5, 5.41) is 14.5. The molecule has 0 radical (unpaired) electrons. The molecule has 6 nitrogen and oxygen atoms in total. The number of anilines is 2. The highest BCUT2D eigenvalue weighted by Crippen LogP contribution is 2.29. The zero-order valence-electron chi connectivity index (χ0n) is 14.1. The Hall–Kier alpha value is -3.07. The van der Waals surface area contributed by atoms with Crippen molar-refractivity contribution in [2.24, 2.45) is 0 Å². The second-order valence-electron chi connectivity index (χ2n) is 5.70. The van der Waals surface area contributed by atoms with E-state index in [0.29, 0.717) is 24.3 Å². The molecular weight excluding hydrogens is 363 g/mol. The van der Waals surface area contributed by atoms with Crippen molar-refractivity contribution in [1.29, 1.82) is 0 Å². The average Bonchev–Trinajstić information content (AvgIpc) is 2.66. The van der Waals surface area contributed by atoms with Crippen LogP contribution < -0.4 is 16.1 Å². The number of carbonyl (C=O) groups excluding carboxylic acids is 2. The Bertz CT molecular complexity index is 762. The summed E-state index contributed by atoms with van der Waals surface area (Å²) in [6, 6.07) is 10.3. The van der Waals surface area contributed by atoms with Crippen LogP contribution in [0.4, 0.5) is 24.5 Å². The summed E-state index contributed by atoms with van der Waals surface area (Å²) in [6.07, 6.45) is -3.26. The van der Waals surface area contributed by atoms with Crippen molar-refractivity contribution in [3.05, 3.63) is 59.7 Å². The Morgan fingerprint density at radius 2 is 1.63 bits per heavy atom. The zero-order chi connectivity index (χ0) is 19.9. The lowest BCUT2D eigenvalue weighted by molar-refractivity contribution is -0.137. The summed E-state index contributed by atoms with van der Waals surface area (Å²) in [7, 11) is 0. The van der Waals surface area contributed by atoms with Crippen molar-refractivity contribution in [3.8, 4) is 0 Å². The van der Waals surface area contributed by atoms with E-state index in [4.69, 9.17) is 5.21 Å². The van der Waals surface area contributed by atoms with E-state index >= 15 is 0 Å². The van der Waals surface area contributed by atoms with Crippen LogP contribution in [0.25, 0.3) is 0 Å². The lowest BCUT2D eigenvalue weighted by Crippen LogP contribution is -2.24. The molecule has 4 N–H and O–H groups in total. The summed E-state index contributed by atoms with van der Waals surface area (Å²) < 4.78 is 37.6. The highest BCUT2D eigenvalue weighted by atomic mass is 19.4. The fourth-order valence-electron chi connectivity index (χ4n) is 2.32. The highest BCUT2D eigenvalue weighted by Gasteiger charge is 2.29. The first kappa shape index (κ1) is 20.2. The Labute approximate surface area is 153 Å². The molecule has 1 atom stereocenters. The monoisotopic (exact) mass is 381 g/mol. The van der Waals surface area contributed by atoms with Gasteiger partial charge < -0.3 is 15.4 Å². The average molecular weight is 381 g/mol. The van der Waals surface area contributed by atoms with Crippen LogP contribution in [-0.2, 0) is 11.0 Å². The molecule has 2 aromatic rings. The van der Waals surface area contributed by atoms with Gasteiger partial charge in [0.25, 0.3) is 5.91 Å². The predicted molar refractivity (Wildman–Crippen MR) is 93.7 cm³/mol. The van der Waals surface area contributed by atoms with Gasteiger partial charge in [0.1, 0.15) is 6.29 Å². The van der Waals surface area contributed by atoms with Crippen LogP contribution >= 0.6 is 0 Å². The highest BCUT2D eigenvalue weighted by molar-refractivity contribution is 5.93. The predicted octanol–water partition coefficient (Wildman–Crippen LogP) is 3.31. The number of carbonyl (C=O) groups is 2. The van der Waals surface area contributed by atoms with Gasteiger partial charge in [-0.15, -0.1) is 0 Å². The van der Waals surface area contributed by atoms with Crippen molar-refractivity contribution in [2.75, 3.05) is 17.2 Å². The first-order valence-corrected chi connectivity index (χ1v) is 8.01. The lowest BCUT2D eigenvalue weighted by atomic mass is 10.1. The van der Waals surface area contributed by atoms with Gasteiger partial charge in [0.2, 0.25) is 0 Å². The molecule has 0 aliphatic rings. The number of amides is 1. The molecule has 0 spiro atoms. The molecule has 1 unspecified atom stereocenters. The van der Waals surface area contributed by atoms with E-state index in [1.165, 1.54) is 29.7 Å². The Morgan fingerprint density at radius 3 is 2.15 bits per heavy atom. The van der Waals surface area contributed by atoms with Gasteiger partial charge in [0.15, 0.2) is 0 Å². The van der Waals surface area contributed by atoms with Gasteiger partial charge in [-0.25, -0.2) is 5.48 Å². The van der Waals surface area contributed by atoms with E-state index in [-0.39, 0.29) is 5.56 Å². The summed E-state index contributed by atoms with van der Waals surface area (Å²) in [6.45, 7) is 0.368. The first-order chi connectivity index (χ1) is 12.8. The van der Waals surface area contributed by atoms with Gasteiger partial charge in [0.05, 0.1) is 11.6 Å². The van der Waals surface area contributed by atoms with Crippen LogP contribution in [0.15, 0.2) is 48.5 Å². The summed E-state index contributed by atoms with van der Waals surface area (Å²) in [5.41, 5.74) is 2.19. The van der Waals surface area contributed by atoms with Gasteiger partial charge in [-0.05, 0) is 55.0 Å². The maximum atomic E-state index is 12.5. The second-order valence-corrected chi connectivity index (χ2v) is 5.70. The van der Waals surface area contributed by atoms with E-state index in [0.717, 1.165) is 18.4 Å². The molecule has 0 saturated heterocycles. The SMILES string of the molecule is O=CC(CCNc1ccc(C(F)(F)F)cc1)Nc1ccc(C(=O)NO)cc1. The molecule has 144 valence electrons. The Kier molecular flexibility index (Phi) is 6.78. The quantitative estimate of drug-likeness (QED) is 0.320. The minimum atomic E-state index is -4.38. The van der Waals surface area contributed by atoms with Gasteiger partial charge in [0, 0.05) is 23.5 Å². The molecular formula is C18H18F3N3O3. The number of hydrogen-bond donors (Lipinski definition) is 4. The lowest BCUT2D eigenvalue weighted by Gasteiger charge is -2.15.